The summed E-state index contributed by atoms with van der Waals surface area (Å²) in [5.41, 5.74) is 7.45. The third-order valence-electron chi connectivity index (χ3n) is 2.92. The number of nitrogens with two attached hydrogens (primary N) is 1. The fourth-order valence-corrected chi connectivity index (χ4v) is 3.29. The first-order chi connectivity index (χ1) is 9.92. The molecule has 21 heavy (non-hydrogen) atoms. The van der Waals surface area contributed by atoms with Crippen molar-refractivity contribution in [2.75, 3.05) is 5.73 Å². The number of halogens is 1. The van der Waals surface area contributed by atoms with Crippen molar-refractivity contribution < 1.29 is 13.5 Å². The first-order valence-corrected chi connectivity index (χ1v) is 8.02. The minimum atomic E-state index is -3.74. The molecule has 0 fully saturated rings. The summed E-state index contributed by atoms with van der Waals surface area (Å²) in [6, 6.07) is 11.3. The van der Waals surface area contributed by atoms with Gasteiger partial charge < -0.3 is 10.8 Å². The van der Waals surface area contributed by atoms with Gasteiger partial charge in [0, 0.05) is 12.2 Å². The van der Waals surface area contributed by atoms with Gasteiger partial charge in [-0.05, 0) is 29.3 Å². The van der Waals surface area contributed by atoms with Crippen molar-refractivity contribution in [2.45, 2.75) is 18.0 Å². The van der Waals surface area contributed by atoms with Crippen molar-refractivity contribution in [2.24, 2.45) is 0 Å². The largest absolute Gasteiger partial charge is 0.399 e. The zero-order valence-electron chi connectivity index (χ0n) is 11.1. The van der Waals surface area contributed by atoms with Crippen molar-refractivity contribution in [3.05, 3.63) is 58.6 Å². The van der Waals surface area contributed by atoms with Gasteiger partial charge >= 0.3 is 0 Å². The summed E-state index contributed by atoms with van der Waals surface area (Å²) in [7, 11) is -3.74. The number of nitrogen functional groups attached to an aromatic ring is 1. The molecule has 0 aliphatic rings. The minimum absolute atomic E-state index is 0.0452. The van der Waals surface area contributed by atoms with Crippen LogP contribution in [0.25, 0.3) is 0 Å². The monoisotopic (exact) mass is 326 g/mol. The number of anilines is 1. The molecule has 0 aliphatic carbocycles. The molecule has 0 bridgehead atoms. The van der Waals surface area contributed by atoms with E-state index in [1.165, 1.54) is 18.2 Å². The van der Waals surface area contributed by atoms with Crippen molar-refractivity contribution in [1.82, 2.24) is 4.72 Å². The molecule has 0 atom stereocenters. The second-order valence-corrected chi connectivity index (χ2v) is 6.63. The van der Waals surface area contributed by atoms with Gasteiger partial charge in [0.15, 0.2) is 0 Å². The van der Waals surface area contributed by atoms with Crippen LogP contribution >= 0.6 is 11.6 Å². The van der Waals surface area contributed by atoms with Gasteiger partial charge in [-0.15, -0.1) is 0 Å². The Kier molecular flexibility index (Phi) is 4.84. The van der Waals surface area contributed by atoms with E-state index in [-0.39, 0.29) is 23.1 Å². The second-order valence-electron chi connectivity index (χ2n) is 4.49. The maximum atomic E-state index is 12.2. The van der Waals surface area contributed by atoms with Gasteiger partial charge in [-0.3, -0.25) is 0 Å². The molecule has 0 saturated carbocycles. The summed E-state index contributed by atoms with van der Waals surface area (Å²) in [4.78, 5) is -0.0452. The van der Waals surface area contributed by atoms with E-state index in [2.05, 4.69) is 4.72 Å². The molecule has 0 spiro atoms. The van der Waals surface area contributed by atoms with Crippen LogP contribution in [0.3, 0.4) is 0 Å². The van der Waals surface area contributed by atoms with E-state index in [0.717, 1.165) is 11.1 Å². The van der Waals surface area contributed by atoms with Crippen LogP contribution in [-0.2, 0) is 23.2 Å². The first kappa shape index (κ1) is 15.8. The van der Waals surface area contributed by atoms with E-state index in [1.54, 1.807) is 24.3 Å². The Morgan fingerprint density at radius 1 is 1.10 bits per heavy atom. The molecule has 0 aromatic heterocycles. The van der Waals surface area contributed by atoms with Gasteiger partial charge in [0.25, 0.3) is 0 Å². The van der Waals surface area contributed by atoms with Crippen molar-refractivity contribution >= 4 is 27.3 Å². The SMILES string of the molecule is Nc1ccc(Cl)c(S(=O)(=O)NCc2ccc(CO)cc2)c1. The molecule has 0 amide bonds. The number of nitrogens with one attached hydrogen (secondary N) is 1. The number of hydrogen-bond donors (Lipinski definition) is 3. The fourth-order valence-electron chi connectivity index (χ4n) is 1.74. The molecule has 112 valence electrons. The first-order valence-electron chi connectivity index (χ1n) is 6.16. The van der Waals surface area contributed by atoms with E-state index >= 15 is 0 Å². The van der Waals surface area contributed by atoms with Crippen LogP contribution < -0.4 is 10.5 Å². The molecule has 0 heterocycles. The summed E-state index contributed by atoms with van der Waals surface area (Å²) in [5.74, 6) is 0. The van der Waals surface area contributed by atoms with Gasteiger partial charge in [0.2, 0.25) is 10.0 Å². The molecule has 7 heteroatoms. The fraction of sp³-hybridized carbons (Fsp3) is 0.143. The Hall–Kier alpha value is -1.60. The van der Waals surface area contributed by atoms with E-state index in [9.17, 15) is 8.42 Å². The van der Waals surface area contributed by atoms with Crippen LogP contribution in [0.4, 0.5) is 5.69 Å². The molecule has 0 radical (unpaired) electrons. The summed E-state index contributed by atoms with van der Waals surface area (Å²) in [6.45, 7) is 0.0735. The van der Waals surface area contributed by atoms with Gasteiger partial charge in [-0.1, -0.05) is 35.9 Å². The topological polar surface area (TPSA) is 92.4 Å². The quantitative estimate of drug-likeness (QED) is 0.732. The molecule has 4 N–H and O–H groups in total. The number of benzene rings is 2. The van der Waals surface area contributed by atoms with Crippen LogP contribution in [0, 0.1) is 0 Å². The van der Waals surface area contributed by atoms with Crippen LogP contribution in [0.1, 0.15) is 11.1 Å². The lowest BCUT2D eigenvalue weighted by Crippen LogP contribution is -2.23. The Balaban J connectivity index is 2.15. The minimum Gasteiger partial charge on any atom is -0.399 e. The number of sulfonamides is 1. The lowest BCUT2D eigenvalue weighted by atomic mass is 10.1. The summed E-state index contributed by atoms with van der Waals surface area (Å²) in [5, 5.41) is 9.07. The number of aliphatic hydroxyl groups excluding tert-OH is 1. The zero-order chi connectivity index (χ0) is 15.5. The molecule has 5 nitrogen and oxygen atoms in total. The summed E-state index contributed by atoms with van der Waals surface area (Å²) >= 11 is 5.90. The Morgan fingerprint density at radius 2 is 1.71 bits per heavy atom. The van der Waals surface area contributed by atoms with Crippen molar-refractivity contribution in [3.63, 3.8) is 0 Å². The zero-order valence-corrected chi connectivity index (χ0v) is 12.7. The van der Waals surface area contributed by atoms with E-state index in [1.807, 2.05) is 0 Å². The highest BCUT2D eigenvalue weighted by Crippen LogP contribution is 2.23. The lowest BCUT2D eigenvalue weighted by Gasteiger charge is -2.09. The maximum absolute atomic E-state index is 12.2. The smallest absolute Gasteiger partial charge is 0.242 e. The highest BCUT2D eigenvalue weighted by atomic mass is 35.5. The van der Waals surface area contributed by atoms with Gasteiger partial charge in [-0.25, -0.2) is 13.1 Å². The molecule has 0 saturated heterocycles. The predicted octanol–water partition coefficient (Wildman–Crippen LogP) is 1.89. The average molecular weight is 327 g/mol. The van der Waals surface area contributed by atoms with E-state index < -0.39 is 10.0 Å². The van der Waals surface area contributed by atoms with Crippen LogP contribution in [0.15, 0.2) is 47.4 Å². The molecular formula is C14H15ClN2O3S. The molecule has 0 unspecified atom stereocenters. The molecule has 2 aromatic rings. The average Bonchev–Trinajstić information content (AvgIpc) is 2.48. The molecular weight excluding hydrogens is 312 g/mol. The Morgan fingerprint density at radius 3 is 2.33 bits per heavy atom. The Bertz CT molecular complexity index is 730. The number of rotatable bonds is 5. The molecule has 2 aromatic carbocycles. The molecule has 0 aliphatic heterocycles. The second kappa shape index (κ2) is 6.44. The summed E-state index contributed by atoms with van der Waals surface area (Å²) in [6.07, 6.45) is 0. The van der Waals surface area contributed by atoms with Gasteiger partial charge in [0.1, 0.15) is 4.90 Å². The van der Waals surface area contributed by atoms with Crippen molar-refractivity contribution in [3.8, 4) is 0 Å². The maximum Gasteiger partial charge on any atom is 0.242 e. The third kappa shape index (κ3) is 3.95. The van der Waals surface area contributed by atoms with E-state index in [4.69, 9.17) is 22.4 Å². The highest BCUT2D eigenvalue weighted by Gasteiger charge is 2.17. The van der Waals surface area contributed by atoms with Gasteiger partial charge in [0.05, 0.1) is 11.6 Å². The van der Waals surface area contributed by atoms with Crippen LogP contribution in [0.2, 0.25) is 5.02 Å². The number of hydrogen-bond acceptors (Lipinski definition) is 4. The number of aliphatic hydroxyl groups is 1. The predicted molar refractivity (Wildman–Crippen MR) is 82.3 cm³/mol. The lowest BCUT2D eigenvalue weighted by molar-refractivity contribution is 0.282. The van der Waals surface area contributed by atoms with Crippen molar-refractivity contribution in [1.29, 1.82) is 0 Å². The Labute approximate surface area is 128 Å². The van der Waals surface area contributed by atoms with E-state index in [0.29, 0.717) is 5.69 Å². The van der Waals surface area contributed by atoms with Crippen LogP contribution in [-0.4, -0.2) is 13.5 Å². The third-order valence-corrected chi connectivity index (χ3v) is 4.80. The normalized spacial score (nSPS) is 11.5. The van der Waals surface area contributed by atoms with Gasteiger partial charge in [-0.2, -0.15) is 0 Å². The highest BCUT2D eigenvalue weighted by molar-refractivity contribution is 7.89. The standard InChI is InChI=1S/C14H15ClN2O3S/c15-13-6-5-12(16)7-14(13)21(19,20)17-8-10-1-3-11(9-18)4-2-10/h1-7,17-18H,8-9,16H2. The summed E-state index contributed by atoms with van der Waals surface area (Å²) < 4.78 is 26.9. The van der Waals surface area contributed by atoms with Crippen LogP contribution in [0.5, 0.6) is 0 Å². The molecule has 2 rings (SSSR count).